The van der Waals surface area contributed by atoms with Gasteiger partial charge in [0.2, 0.25) is 0 Å². The summed E-state index contributed by atoms with van der Waals surface area (Å²) in [6, 6.07) is 1.96. The quantitative estimate of drug-likeness (QED) is 0.721. The van der Waals surface area contributed by atoms with Crippen molar-refractivity contribution in [2.75, 3.05) is 6.54 Å². The van der Waals surface area contributed by atoms with Crippen molar-refractivity contribution in [3.63, 3.8) is 0 Å². The third kappa shape index (κ3) is 4.31. The Labute approximate surface area is 143 Å². The van der Waals surface area contributed by atoms with E-state index < -0.39 is 5.97 Å². The summed E-state index contributed by atoms with van der Waals surface area (Å²) in [5.74, 6) is -0.943. The Balaban J connectivity index is 2.01. The summed E-state index contributed by atoms with van der Waals surface area (Å²) in [4.78, 5) is 27.3. The van der Waals surface area contributed by atoms with Crippen LogP contribution < -0.4 is 5.32 Å². The fraction of sp³-hybridized carbons (Fsp3) is 0.438. The number of unbranched alkanes of at least 4 members (excludes halogenated alkanes) is 2. The third-order valence-corrected chi connectivity index (χ3v) is 4.14. The lowest BCUT2D eigenvalue weighted by Crippen LogP contribution is -2.26. The van der Waals surface area contributed by atoms with E-state index in [4.69, 9.17) is 5.11 Å². The van der Waals surface area contributed by atoms with E-state index in [1.54, 1.807) is 4.40 Å². The Kier molecular flexibility index (Phi) is 5.76. The normalized spacial score (nSPS) is 10.9. The SMILES string of the molecule is Cc1cc(Br)c2nc(C)c(C(=O)NCCCCCC(=O)O)n2c1. The van der Waals surface area contributed by atoms with Crippen molar-refractivity contribution >= 4 is 33.5 Å². The molecule has 0 unspecified atom stereocenters. The van der Waals surface area contributed by atoms with Crippen LogP contribution in [0.5, 0.6) is 0 Å². The highest BCUT2D eigenvalue weighted by molar-refractivity contribution is 9.10. The highest BCUT2D eigenvalue weighted by atomic mass is 79.9. The largest absolute Gasteiger partial charge is 0.481 e. The van der Waals surface area contributed by atoms with Gasteiger partial charge in [0.1, 0.15) is 5.69 Å². The second-order valence-electron chi connectivity index (χ2n) is 5.57. The Hall–Kier alpha value is -1.89. The lowest BCUT2D eigenvalue weighted by Gasteiger charge is -2.07. The summed E-state index contributed by atoms with van der Waals surface area (Å²) in [6.07, 6.45) is 4.24. The monoisotopic (exact) mass is 381 g/mol. The number of carbonyl (C=O) groups excluding carboxylic acids is 1. The van der Waals surface area contributed by atoms with Crippen LogP contribution in [-0.2, 0) is 4.79 Å². The van der Waals surface area contributed by atoms with Gasteiger partial charge in [-0.1, -0.05) is 6.42 Å². The van der Waals surface area contributed by atoms with E-state index in [0.717, 1.165) is 28.5 Å². The van der Waals surface area contributed by atoms with Crippen LogP contribution in [0.25, 0.3) is 5.65 Å². The van der Waals surface area contributed by atoms with Crippen molar-refractivity contribution in [2.45, 2.75) is 39.5 Å². The lowest BCUT2D eigenvalue weighted by atomic mass is 10.2. The molecule has 0 aromatic carbocycles. The molecule has 1 amide bonds. The maximum Gasteiger partial charge on any atom is 0.303 e. The predicted molar refractivity (Wildman–Crippen MR) is 90.8 cm³/mol. The highest BCUT2D eigenvalue weighted by Crippen LogP contribution is 2.22. The van der Waals surface area contributed by atoms with Gasteiger partial charge >= 0.3 is 5.97 Å². The zero-order valence-electron chi connectivity index (χ0n) is 13.2. The molecule has 0 aliphatic carbocycles. The number of nitrogens with one attached hydrogen (secondary N) is 1. The molecule has 0 saturated carbocycles. The molecule has 2 rings (SSSR count). The Morgan fingerprint density at radius 2 is 2.04 bits per heavy atom. The van der Waals surface area contributed by atoms with Crippen molar-refractivity contribution in [2.24, 2.45) is 0 Å². The number of rotatable bonds is 7. The molecule has 0 bridgehead atoms. The maximum absolute atomic E-state index is 12.4. The van der Waals surface area contributed by atoms with Gasteiger partial charge in [-0.15, -0.1) is 0 Å². The van der Waals surface area contributed by atoms with Crippen molar-refractivity contribution < 1.29 is 14.7 Å². The molecular formula is C16H20BrN3O3. The first-order chi connectivity index (χ1) is 10.9. The van der Waals surface area contributed by atoms with Crippen LogP contribution in [0.1, 0.15) is 47.4 Å². The first-order valence-electron chi connectivity index (χ1n) is 7.55. The standard InChI is InChI=1S/C16H20BrN3O3/c1-10-8-12(17)15-19-11(2)14(20(15)9-10)16(23)18-7-5-3-4-6-13(21)22/h8-9H,3-7H2,1-2H3,(H,18,23)(H,21,22). The first kappa shape index (κ1) is 17.5. The minimum Gasteiger partial charge on any atom is -0.481 e. The summed E-state index contributed by atoms with van der Waals surface area (Å²) in [7, 11) is 0. The van der Waals surface area contributed by atoms with Crippen LogP contribution in [0.2, 0.25) is 0 Å². The number of carboxylic acid groups (broad SMARTS) is 1. The van der Waals surface area contributed by atoms with Gasteiger partial charge in [0.05, 0.1) is 10.2 Å². The van der Waals surface area contributed by atoms with Gasteiger partial charge in [0.25, 0.3) is 5.91 Å². The van der Waals surface area contributed by atoms with Crippen LogP contribution in [0.3, 0.4) is 0 Å². The fourth-order valence-electron chi connectivity index (χ4n) is 2.48. The van der Waals surface area contributed by atoms with Gasteiger partial charge in [-0.2, -0.15) is 0 Å². The molecule has 2 heterocycles. The van der Waals surface area contributed by atoms with Crippen LogP contribution in [0.15, 0.2) is 16.7 Å². The number of carboxylic acids is 1. The second kappa shape index (κ2) is 7.59. The highest BCUT2D eigenvalue weighted by Gasteiger charge is 2.17. The molecule has 0 radical (unpaired) electrons. The number of hydrogen-bond acceptors (Lipinski definition) is 3. The Morgan fingerprint density at radius 3 is 2.74 bits per heavy atom. The summed E-state index contributed by atoms with van der Waals surface area (Å²) in [5, 5.41) is 11.5. The molecule has 0 spiro atoms. The average molecular weight is 382 g/mol. The van der Waals surface area contributed by atoms with Crippen molar-refractivity contribution in [3.8, 4) is 0 Å². The molecule has 6 nitrogen and oxygen atoms in total. The van der Waals surface area contributed by atoms with Crippen LogP contribution in [-0.4, -0.2) is 32.9 Å². The second-order valence-corrected chi connectivity index (χ2v) is 6.42. The number of amides is 1. The van der Waals surface area contributed by atoms with E-state index in [2.05, 4.69) is 26.2 Å². The van der Waals surface area contributed by atoms with Crippen LogP contribution in [0.4, 0.5) is 0 Å². The van der Waals surface area contributed by atoms with Crippen molar-refractivity contribution in [1.82, 2.24) is 14.7 Å². The predicted octanol–water partition coefficient (Wildman–Crippen LogP) is 3.09. The molecule has 0 aliphatic heterocycles. The lowest BCUT2D eigenvalue weighted by molar-refractivity contribution is -0.137. The minimum absolute atomic E-state index is 0.161. The number of aromatic nitrogens is 2. The van der Waals surface area contributed by atoms with E-state index >= 15 is 0 Å². The van der Waals surface area contributed by atoms with Gasteiger partial charge in [0, 0.05) is 19.2 Å². The van der Waals surface area contributed by atoms with E-state index in [-0.39, 0.29) is 12.3 Å². The van der Waals surface area contributed by atoms with Crippen LogP contribution >= 0.6 is 15.9 Å². The number of aryl methyl sites for hydroxylation is 2. The molecule has 23 heavy (non-hydrogen) atoms. The number of fused-ring (bicyclic) bond motifs is 1. The summed E-state index contributed by atoms with van der Waals surface area (Å²) >= 11 is 3.47. The van der Waals surface area contributed by atoms with Crippen LogP contribution in [0, 0.1) is 13.8 Å². The molecule has 0 saturated heterocycles. The molecule has 124 valence electrons. The molecule has 2 aromatic heterocycles. The zero-order chi connectivity index (χ0) is 17.0. The average Bonchev–Trinajstić information content (AvgIpc) is 2.78. The number of halogens is 1. The molecule has 0 atom stereocenters. The number of pyridine rings is 1. The van der Waals surface area contributed by atoms with Crippen molar-refractivity contribution in [3.05, 3.63) is 33.7 Å². The summed E-state index contributed by atoms with van der Waals surface area (Å²) in [5.41, 5.74) is 2.97. The molecule has 2 N–H and O–H groups in total. The number of carbonyl (C=O) groups is 2. The molecule has 2 aromatic rings. The van der Waals surface area contributed by atoms with Gasteiger partial charge in [-0.3, -0.25) is 14.0 Å². The number of hydrogen-bond donors (Lipinski definition) is 2. The fourth-order valence-corrected chi connectivity index (χ4v) is 3.12. The number of nitrogens with zero attached hydrogens (tertiary/aromatic N) is 2. The van der Waals surface area contributed by atoms with E-state index in [0.29, 0.717) is 24.4 Å². The van der Waals surface area contributed by atoms with Gasteiger partial charge < -0.3 is 10.4 Å². The third-order valence-electron chi connectivity index (χ3n) is 3.55. The molecule has 0 aliphatic rings. The molecular weight excluding hydrogens is 362 g/mol. The zero-order valence-corrected chi connectivity index (χ0v) is 14.8. The van der Waals surface area contributed by atoms with Gasteiger partial charge in [-0.25, -0.2) is 4.98 Å². The Bertz CT molecular complexity index is 740. The van der Waals surface area contributed by atoms with Gasteiger partial charge in [-0.05, 0) is 54.2 Å². The van der Waals surface area contributed by atoms with Crippen molar-refractivity contribution in [1.29, 1.82) is 0 Å². The van der Waals surface area contributed by atoms with Gasteiger partial charge in [0.15, 0.2) is 5.65 Å². The number of aliphatic carboxylic acids is 1. The minimum atomic E-state index is -0.781. The van der Waals surface area contributed by atoms with E-state index in [1.807, 2.05) is 26.1 Å². The van der Waals surface area contributed by atoms with E-state index in [9.17, 15) is 9.59 Å². The first-order valence-corrected chi connectivity index (χ1v) is 8.34. The van der Waals surface area contributed by atoms with E-state index in [1.165, 1.54) is 0 Å². The number of imidazole rings is 1. The maximum atomic E-state index is 12.4. The topological polar surface area (TPSA) is 83.7 Å². The molecule has 0 fully saturated rings. The smallest absolute Gasteiger partial charge is 0.303 e. The Morgan fingerprint density at radius 1 is 1.30 bits per heavy atom. The summed E-state index contributed by atoms with van der Waals surface area (Å²) < 4.78 is 2.66. The molecule has 7 heteroatoms. The summed E-state index contributed by atoms with van der Waals surface area (Å²) in [6.45, 7) is 4.30.